The minimum Gasteiger partial charge on any atom is -0.352 e. The summed E-state index contributed by atoms with van der Waals surface area (Å²) in [5.74, 6) is -0.697. The highest BCUT2D eigenvalue weighted by Gasteiger charge is 2.31. The molecule has 1 aliphatic carbocycles. The highest BCUT2D eigenvalue weighted by Crippen LogP contribution is 2.22. The molecule has 0 saturated heterocycles. The molecular formula is C29H34ClN3O4S. The minimum atomic E-state index is -3.94. The van der Waals surface area contributed by atoms with Crippen molar-refractivity contribution in [3.63, 3.8) is 0 Å². The lowest BCUT2D eigenvalue weighted by atomic mass is 9.95. The average molecular weight is 556 g/mol. The molecule has 1 N–H and O–H groups in total. The molecule has 202 valence electrons. The lowest BCUT2D eigenvalue weighted by Crippen LogP contribution is -2.52. The van der Waals surface area contributed by atoms with E-state index in [0.29, 0.717) is 5.02 Å². The van der Waals surface area contributed by atoms with Crippen LogP contribution in [0, 0.1) is 0 Å². The van der Waals surface area contributed by atoms with Gasteiger partial charge in [0.1, 0.15) is 6.04 Å². The third kappa shape index (κ3) is 6.73. The SMILES string of the molecule is CC(C(=O)NC1CCCCC1)N(Cc1ccc(Cl)cc1)C(=O)CN(C)S(=O)(=O)c1ccc2ccccc2c1. The highest BCUT2D eigenvalue weighted by atomic mass is 35.5. The summed E-state index contributed by atoms with van der Waals surface area (Å²) < 4.78 is 27.8. The second-order valence-corrected chi connectivity index (χ2v) is 12.4. The van der Waals surface area contributed by atoms with Crippen LogP contribution < -0.4 is 5.32 Å². The number of hydrogen-bond donors (Lipinski definition) is 1. The summed E-state index contributed by atoms with van der Waals surface area (Å²) in [5.41, 5.74) is 0.792. The van der Waals surface area contributed by atoms with Gasteiger partial charge in [0, 0.05) is 24.7 Å². The molecule has 9 heteroatoms. The summed E-state index contributed by atoms with van der Waals surface area (Å²) in [6.07, 6.45) is 5.17. The standard InChI is InChI=1S/C29H34ClN3O4S/c1-21(29(35)31-26-10-4-3-5-11-26)33(19-22-12-15-25(30)16-13-22)28(34)20-32(2)38(36,37)27-17-14-23-8-6-7-9-24(23)18-27/h6-9,12-18,21,26H,3-5,10-11,19-20H2,1-2H3,(H,31,35). The Morgan fingerprint density at radius 1 is 0.974 bits per heavy atom. The Morgan fingerprint density at radius 3 is 2.32 bits per heavy atom. The van der Waals surface area contributed by atoms with Crippen LogP contribution >= 0.6 is 11.6 Å². The van der Waals surface area contributed by atoms with Crippen molar-refractivity contribution in [3.8, 4) is 0 Å². The van der Waals surface area contributed by atoms with Gasteiger partial charge in [-0.1, -0.05) is 73.3 Å². The van der Waals surface area contributed by atoms with Crippen LogP contribution in [-0.2, 0) is 26.2 Å². The predicted octanol–water partition coefficient (Wildman–Crippen LogP) is 4.98. The minimum absolute atomic E-state index is 0.0992. The van der Waals surface area contributed by atoms with Crippen LogP contribution in [0.25, 0.3) is 10.8 Å². The van der Waals surface area contributed by atoms with E-state index < -0.39 is 28.5 Å². The molecule has 0 bridgehead atoms. The molecule has 1 fully saturated rings. The van der Waals surface area contributed by atoms with Gasteiger partial charge in [0.25, 0.3) is 0 Å². The maximum atomic E-state index is 13.6. The predicted molar refractivity (Wildman–Crippen MR) is 150 cm³/mol. The number of carbonyl (C=O) groups excluding carboxylic acids is 2. The average Bonchev–Trinajstić information content (AvgIpc) is 2.92. The van der Waals surface area contributed by atoms with Crippen LogP contribution in [0.3, 0.4) is 0 Å². The Bertz CT molecular complexity index is 1390. The van der Waals surface area contributed by atoms with Gasteiger partial charge in [-0.3, -0.25) is 9.59 Å². The van der Waals surface area contributed by atoms with Gasteiger partial charge in [-0.25, -0.2) is 8.42 Å². The fourth-order valence-corrected chi connectivity index (χ4v) is 6.09. The van der Waals surface area contributed by atoms with Gasteiger partial charge in [0.05, 0.1) is 11.4 Å². The van der Waals surface area contributed by atoms with Gasteiger partial charge >= 0.3 is 0 Å². The number of nitrogens with zero attached hydrogens (tertiary/aromatic N) is 2. The maximum absolute atomic E-state index is 13.6. The van der Waals surface area contributed by atoms with Crippen molar-refractivity contribution in [2.75, 3.05) is 13.6 Å². The molecule has 7 nitrogen and oxygen atoms in total. The van der Waals surface area contributed by atoms with Crippen LogP contribution in [-0.4, -0.2) is 55.1 Å². The molecule has 1 atom stereocenters. The summed E-state index contributed by atoms with van der Waals surface area (Å²) in [6.45, 7) is 1.44. The summed E-state index contributed by atoms with van der Waals surface area (Å²) in [5, 5.41) is 5.38. The Morgan fingerprint density at radius 2 is 1.63 bits per heavy atom. The zero-order valence-corrected chi connectivity index (χ0v) is 23.3. The van der Waals surface area contributed by atoms with Crippen molar-refractivity contribution in [2.24, 2.45) is 0 Å². The van der Waals surface area contributed by atoms with Crippen molar-refractivity contribution in [1.29, 1.82) is 0 Å². The molecule has 1 saturated carbocycles. The van der Waals surface area contributed by atoms with Gasteiger partial charge in [0.15, 0.2) is 0 Å². The van der Waals surface area contributed by atoms with E-state index in [-0.39, 0.29) is 23.4 Å². The van der Waals surface area contributed by atoms with Crippen LogP contribution in [0.15, 0.2) is 71.6 Å². The smallest absolute Gasteiger partial charge is 0.243 e. The van der Waals surface area contributed by atoms with Crippen molar-refractivity contribution >= 4 is 44.2 Å². The monoisotopic (exact) mass is 555 g/mol. The molecule has 1 aliphatic rings. The Labute approximate surface area is 229 Å². The number of amides is 2. The first-order valence-corrected chi connectivity index (χ1v) is 14.8. The number of hydrogen-bond acceptors (Lipinski definition) is 4. The second-order valence-electron chi connectivity index (χ2n) is 9.94. The summed E-state index contributed by atoms with van der Waals surface area (Å²) in [6, 6.07) is 18.8. The van der Waals surface area contributed by atoms with Crippen LogP contribution in [0.2, 0.25) is 5.02 Å². The number of halogens is 1. The Hall–Kier alpha value is -2.94. The van der Waals surface area contributed by atoms with E-state index in [0.717, 1.165) is 46.3 Å². The van der Waals surface area contributed by atoms with Crippen LogP contribution in [0.5, 0.6) is 0 Å². The molecule has 2 amide bonds. The van der Waals surface area contributed by atoms with E-state index >= 15 is 0 Å². The van der Waals surface area contributed by atoms with Gasteiger partial charge < -0.3 is 10.2 Å². The number of sulfonamides is 1. The largest absolute Gasteiger partial charge is 0.352 e. The molecule has 0 heterocycles. The summed E-state index contributed by atoms with van der Waals surface area (Å²) >= 11 is 6.03. The zero-order chi connectivity index (χ0) is 27.3. The first-order chi connectivity index (χ1) is 18.1. The Kier molecular flexibility index (Phi) is 9.07. The number of nitrogens with one attached hydrogen (secondary N) is 1. The number of benzene rings is 3. The zero-order valence-electron chi connectivity index (χ0n) is 21.8. The molecule has 0 spiro atoms. The second kappa shape index (κ2) is 12.3. The van der Waals surface area contributed by atoms with E-state index in [1.165, 1.54) is 18.4 Å². The summed E-state index contributed by atoms with van der Waals surface area (Å²) in [7, 11) is -2.55. The first kappa shape index (κ1) is 28.1. The van der Waals surface area contributed by atoms with E-state index in [1.54, 1.807) is 49.4 Å². The maximum Gasteiger partial charge on any atom is 0.243 e. The highest BCUT2D eigenvalue weighted by molar-refractivity contribution is 7.89. The van der Waals surface area contributed by atoms with Gasteiger partial charge in [-0.2, -0.15) is 4.31 Å². The van der Waals surface area contributed by atoms with E-state index in [1.807, 2.05) is 24.3 Å². The lowest BCUT2D eigenvalue weighted by molar-refractivity contribution is -0.141. The van der Waals surface area contributed by atoms with Crippen molar-refractivity contribution in [2.45, 2.75) is 62.6 Å². The van der Waals surface area contributed by atoms with Crippen molar-refractivity contribution < 1.29 is 18.0 Å². The lowest BCUT2D eigenvalue weighted by Gasteiger charge is -2.32. The normalized spacial score (nSPS) is 15.4. The number of carbonyl (C=O) groups is 2. The van der Waals surface area contributed by atoms with E-state index in [9.17, 15) is 18.0 Å². The molecule has 4 rings (SSSR count). The van der Waals surface area contributed by atoms with E-state index in [4.69, 9.17) is 11.6 Å². The molecule has 0 aliphatic heterocycles. The topological polar surface area (TPSA) is 86.8 Å². The number of rotatable bonds is 9. The molecular weight excluding hydrogens is 522 g/mol. The molecule has 38 heavy (non-hydrogen) atoms. The molecule has 0 aromatic heterocycles. The van der Waals surface area contributed by atoms with Crippen LogP contribution in [0.4, 0.5) is 0 Å². The third-order valence-electron chi connectivity index (χ3n) is 7.17. The summed E-state index contributed by atoms with van der Waals surface area (Å²) in [4.78, 5) is 28.3. The molecule has 3 aromatic carbocycles. The third-order valence-corrected chi connectivity index (χ3v) is 9.22. The van der Waals surface area contributed by atoms with Gasteiger partial charge in [-0.15, -0.1) is 0 Å². The Balaban J connectivity index is 1.53. The van der Waals surface area contributed by atoms with E-state index in [2.05, 4.69) is 5.32 Å². The molecule has 3 aromatic rings. The van der Waals surface area contributed by atoms with Gasteiger partial charge in [0.2, 0.25) is 21.8 Å². The molecule has 0 radical (unpaired) electrons. The number of fused-ring (bicyclic) bond motifs is 1. The fraction of sp³-hybridized carbons (Fsp3) is 0.379. The van der Waals surface area contributed by atoms with Crippen molar-refractivity contribution in [3.05, 3.63) is 77.3 Å². The molecule has 1 unspecified atom stereocenters. The quantitative estimate of drug-likeness (QED) is 0.403. The number of likely N-dealkylation sites (N-methyl/N-ethyl adjacent to an activating group) is 1. The first-order valence-electron chi connectivity index (χ1n) is 12.9. The fourth-order valence-electron chi connectivity index (χ4n) is 4.81. The van der Waals surface area contributed by atoms with Crippen LogP contribution in [0.1, 0.15) is 44.6 Å². The van der Waals surface area contributed by atoms with Gasteiger partial charge in [-0.05, 0) is 60.4 Å². The van der Waals surface area contributed by atoms with Crippen molar-refractivity contribution in [1.82, 2.24) is 14.5 Å².